The number of carbonyl (C=O) groups is 3. The molecule has 0 saturated heterocycles. The summed E-state index contributed by atoms with van der Waals surface area (Å²) >= 11 is 0. The molecule has 0 aliphatic carbocycles. The highest BCUT2D eigenvalue weighted by Crippen LogP contribution is 2.20. The minimum Gasteiger partial charge on any atom is -0.508 e. The van der Waals surface area contributed by atoms with E-state index in [1.807, 2.05) is 30.3 Å². The first kappa shape index (κ1) is 30.3. The van der Waals surface area contributed by atoms with Crippen LogP contribution in [0, 0.1) is 6.92 Å². The van der Waals surface area contributed by atoms with Gasteiger partial charge in [-0.2, -0.15) is 0 Å². The lowest BCUT2D eigenvalue weighted by Gasteiger charge is -2.31. The fourth-order valence-electron chi connectivity index (χ4n) is 4.12. The number of carbonyl (C=O) groups excluding carboxylic acids is 3. The number of nitrogens with one attached hydrogen (secondary N) is 2. The number of amides is 3. The number of ether oxygens (including phenoxy) is 1. The molecule has 212 valence electrons. The molecule has 10 nitrogen and oxygen atoms in total. The Balaban J connectivity index is 1.80. The molecule has 3 unspecified atom stereocenters. The summed E-state index contributed by atoms with van der Waals surface area (Å²) in [7, 11) is 1.49. The highest BCUT2D eigenvalue weighted by molar-refractivity contribution is 5.97. The Kier molecular flexibility index (Phi) is 11.2. The van der Waals surface area contributed by atoms with Crippen LogP contribution in [0.5, 0.6) is 5.75 Å². The smallest absolute Gasteiger partial charge is 0.254 e. The number of aliphatic hydroxyl groups excluding tert-OH is 1. The molecule has 2 aromatic carbocycles. The third-order valence-electron chi connectivity index (χ3n) is 6.52. The van der Waals surface area contributed by atoms with Gasteiger partial charge in [-0.25, -0.2) is 0 Å². The molecule has 0 spiro atoms. The molecule has 0 aliphatic heterocycles. The lowest BCUT2D eigenvalue weighted by atomic mass is 9.98. The highest BCUT2D eigenvalue weighted by atomic mass is 16.5. The van der Waals surface area contributed by atoms with Gasteiger partial charge in [0, 0.05) is 31.0 Å². The van der Waals surface area contributed by atoms with Gasteiger partial charge in [0.1, 0.15) is 5.75 Å². The molecule has 0 bridgehead atoms. The van der Waals surface area contributed by atoms with Gasteiger partial charge in [-0.15, -0.1) is 0 Å². The summed E-state index contributed by atoms with van der Waals surface area (Å²) in [5.41, 5.74) is 2.04. The summed E-state index contributed by atoms with van der Waals surface area (Å²) in [4.78, 5) is 45.0. The van der Waals surface area contributed by atoms with Gasteiger partial charge in [-0.1, -0.05) is 42.5 Å². The number of phenols is 1. The molecule has 0 fully saturated rings. The maximum atomic E-state index is 13.6. The number of hydrogen-bond donors (Lipinski definition) is 4. The van der Waals surface area contributed by atoms with E-state index in [0.29, 0.717) is 11.3 Å². The molecule has 3 amide bonds. The molecular weight excluding hydrogens is 512 g/mol. The Morgan fingerprint density at radius 2 is 1.75 bits per heavy atom. The number of benzene rings is 2. The standard InChI is InChI=1S/C30H36N4O6/c1-20(40-3)18-34(19-27(36)32-17-23-12-7-8-15-31-23)30(39)28(37)25(16-22-10-5-4-6-11-22)33-29(38)24-13-9-14-26(35)21(24)2/h4-15,20,25,28,35,37H,16-19H2,1-3H3,(H,32,36)(H,33,38). The molecule has 0 saturated carbocycles. The number of hydrogen-bond acceptors (Lipinski definition) is 7. The first-order chi connectivity index (χ1) is 19.2. The van der Waals surface area contributed by atoms with E-state index in [4.69, 9.17) is 4.74 Å². The molecule has 40 heavy (non-hydrogen) atoms. The molecular formula is C30H36N4O6. The van der Waals surface area contributed by atoms with Gasteiger partial charge in [0.25, 0.3) is 11.8 Å². The molecule has 0 radical (unpaired) electrons. The van der Waals surface area contributed by atoms with E-state index in [1.54, 1.807) is 50.4 Å². The Labute approximate surface area is 234 Å². The number of aromatic nitrogens is 1. The van der Waals surface area contributed by atoms with Crippen molar-refractivity contribution in [2.45, 2.75) is 45.1 Å². The number of methoxy groups -OCH3 is 1. The monoisotopic (exact) mass is 548 g/mol. The second kappa shape index (κ2) is 14.8. The van der Waals surface area contributed by atoms with Gasteiger partial charge < -0.3 is 30.5 Å². The molecule has 4 N–H and O–H groups in total. The van der Waals surface area contributed by atoms with E-state index in [2.05, 4.69) is 15.6 Å². The zero-order valence-corrected chi connectivity index (χ0v) is 22.9. The lowest BCUT2D eigenvalue weighted by Crippen LogP contribution is -2.55. The maximum absolute atomic E-state index is 13.6. The molecule has 3 rings (SSSR count). The van der Waals surface area contributed by atoms with Crippen LogP contribution in [0.2, 0.25) is 0 Å². The van der Waals surface area contributed by atoms with Gasteiger partial charge in [0.2, 0.25) is 5.91 Å². The average Bonchev–Trinajstić information content (AvgIpc) is 2.97. The van der Waals surface area contributed by atoms with Crippen LogP contribution in [0.1, 0.15) is 34.1 Å². The number of aliphatic hydroxyl groups is 1. The molecule has 1 aromatic heterocycles. The Hall–Kier alpha value is -4.28. The summed E-state index contributed by atoms with van der Waals surface area (Å²) in [5, 5.41) is 26.9. The van der Waals surface area contributed by atoms with Gasteiger partial charge in [0.05, 0.1) is 30.9 Å². The Morgan fingerprint density at radius 3 is 2.42 bits per heavy atom. The number of rotatable bonds is 13. The Morgan fingerprint density at radius 1 is 1.02 bits per heavy atom. The molecule has 10 heteroatoms. The quantitative estimate of drug-likeness (QED) is 0.256. The first-order valence-corrected chi connectivity index (χ1v) is 13.0. The van der Waals surface area contributed by atoms with Crippen LogP contribution in [-0.4, -0.2) is 76.3 Å². The average molecular weight is 549 g/mol. The highest BCUT2D eigenvalue weighted by Gasteiger charge is 2.33. The van der Waals surface area contributed by atoms with Gasteiger partial charge in [0.15, 0.2) is 6.10 Å². The van der Waals surface area contributed by atoms with Crippen molar-refractivity contribution in [3.05, 3.63) is 95.3 Å². The Bertz CT molecular complexity index is 1270. The fourth-order valence-corrected chi connectivity index (χ4v) is 4.12. The summed E-state index contributed by atoms with van der Waals surface area (Å²) in [6.45, 7) is 3.25. The van der Waals surface area contributed by atoms with E-state index in [0.717, 1.165) is 5.56 Å². The van der Waals surface area contributed by atoms with Crippen molar-refractivity contribution in [2.75, 3.05) is 20.2 Å². The van der Waals surface area contributed by atoms with Crippen LogP contribution in [0.4, 0.5) is 0 Å². The lowest BCUT2D eigenvalue weighted by molar-refractivity contribution is -0.146. The van der Waals surface area contributed by atoms with Crippen LogP contribution in [0.25, 0.3) is 0 Å². The summed E-state index contributed by atoms with van der Waals surface area (Å²) in [5.74, 6) is -1.76. The third kappa shape index (κ3) is 8.62. The largest absolute Gasteiger partial charge is 0.508 e. The van der Waals surface area contributed by atoms with E-state index in [9.17, 15) is 24.6 Å². The molecule has 1 heterocycles. The van der Waals surface area contributed by atoms with E-state index < -0.39 is 36.0 Å². The van der Waals surface area contributed by atoms with E-state index >= 15 is 0 Å². The number of phenolic OH excluding ortho intramolecular Hbond substituents is 1. The van der Waals surface area contributed by atoms with Crippen molar-refractivity contribution in [1.82, 2.24) is 20.5 Å². The van der Waals surface area contributed by atoms with Crippen molar-refractivity contribution in [2.24, 2.45) is 0 Å². The number of nitrogens with zero attached hydrogens (tertiary/aromatic N) is 2. The minimum atomic E-state index is -1.67. The molecule has 3 atom stereocenters. The van der Waals surface area contributed by atoms with Crippen molar-refractivity contribution < 1.29 is 29.3 Å². The second-order valence-electron chi connectivity index (χ2n) is 9.53. The summed E-state index contributed by atoms with van der Waals surface area (Å²) in [6.07, 6.45) is -0.323. The zero-order valence-electron chi connectivity index (χ0n) is 22.9. The normalized spacial score (nSPS) is 13.1. The van der Waals surface area contributed by atoms with E-state index in [1.165, 1.54) is 18.1 Å². The van der Waals surface area contributed by atoms with Crippen molar-refractivity contribution in [1.29, 1.82) is 0 Å². The van der Waals surface area contributed by atoms with Crippen LogP contribution in [-0.2, 0) is 27.3 Å². The van der Waals surface area contributed by atoms with Crippen molar-refractivity contribution in [3.8, 4) is 5.75 Å². The van der Waals surface area contributed by atoms with Crippen LogP contribution in [0.15, 0.2) is 72.9 Å². The minimum absolute atomic E-state index is 0.0414. The van der Waals surface area contributed by atoms with Gasteiger partial charge in [-0.3, -0.25) is 19.4 Å². The predicted octanol–water partition coefficient (Wildman–Crippen LogP) is 1.98. The second-order valence-corrected chi connectivity index (χ2v) is 9.53. The third-order valence-corrected chi connectivity index (χ3v) is 6.52. The van der Waals surface area contributed by atoms with Crippen LogP contribution >= 0.6 is 0 Å². The van der Waals surface area contributed by atoms with E-state index in [-0.39, 0.29) is 37.4 Å². The molecule has 0 aliphatic rings. The fraction of sp³-hybridized carbons (Fsp3) is 0.333. The van der Waals surface area contributed by atoms with Crippen LogP contribution < -0.4 is 10.6 Å². The maximum Gasteiger partial charge on any atom is 0.254 e. The predicted molar refractivity (Wildman–Crippen MR) is 149 cm³/mol. The topological polar surface area (TPSA) is 141 Å². The SMILES string of the molecule is COC(C)CN(CC(=O)NCc1ccccn1)C(=O)C(O)C(Cc1ccccc1)NC(=O)c1cccc(O)c1C. The number of aromatic hydroxyl groups is 1. The van der Waals surface area contributed by atoms with Crippen molar-refractivity contribution in [3.63, 3.8) is 0 Å². The summed E-state index contributed by atoms with van der Waals surface area (Å²) < 4.78 is 5.31. The number of pyridine rings is 1. The van der Waals surface area contributed by atoms with Crippen LogP contribution in [0.3, 0.4) is 0 Å². The van der Waals surface area contributed by atoms with Crippen molar-refractivity contribution >= 4 is 17.7 Å². The van der Waals surface area contributed by atoms with Gasteiger partial charge >= 0.3 is 0 Å². The summed E-state index contributed by atoms with van der Waals surface area (Å²) in [6, 6.07) is 18.0. The molecule has 3 aromatic rings. The first-order valence-electron chi connectivity index (χ1n) is 13.0. The van der Waals surface area contributed by atoms with Gasteiger partial charge in [-0.05, 0) is 50.1 Å². The zero-order chi connectivity index (χ0) is 29.1.